The number of methoxy groups -OCH3 is 2. The summed E-state index contributed by atoms with van der Waals surface area (Å²) in [7, 11) is 2.70. The summed E-state index contributed by atoms with van der Waals surface area (Å²) in [5, 5.41) is 0. The van der Waals surface area contributed by atoms with Gasteiger partial charge in [0.25, 0.3) is 0 Å². The topological polar surface area (TPSA) is 82.1 Å². The zero-order valence-electron chi connectivity index (χ0n) is 20.6. The van der Waals surface area contributed by atoms with E-state index in [0.717, 1.165) is 20.1 Å². The molecule has 1 amide bonds. The number of ether oxygens (including phenoxy) is 3. The van der Waals surface area contributed by atoms with Crippen LogP contribution in [-0.4, -0.2) is 54.8 Å². The van der Waals surface area contributed by atoms with E-state index < -0.39 is 46.5 Å². The molecule has 0 spiro atoms. The third kappa shape index (κ3) is 3.31. The zero-order chi connectivity index (χ0) is 26.2. The molecule has 9 heteroatoms. The molecular formula is C27H27Br2NO6. The molecule has 0 radical (unpaired) electrons. The molecule has 1 aliphatic heterocycles. The maximum absolute atomic E-state index is 13.7. The molecule has 0 unspecified atom stereocenters. The van der Waals surface area contributed by atoms with Gasteiger partial charge in [-0.1, -0.05) is 56.1 Å². The van der Waals surface area contributed by atoms with Crippen LogP contribution in [0.2, 0.25) is 0 Å². The minimum atomic E-state index is -1.11. The molecule has 2 saturated carbocycles. The Hall–Kier alpha value is -2.39. The van der Waals surface area contributed by atoms with Crippen LogP contribution in [0.15, 0.2) is 57.5 Å². The van der Waals surface area contributed by atoms with Gasteiger partial charge < -0.3 is 14.2 Å². The number of piperidine rings is 2. The van der Waals surface area contributed by atoms with Crippen LogP contribution in [0, 0.1) is 11.8 Å². The lowest BCUT2D eigenvalue weighted by Gasteiger charge is -2.31. The molecule has 0 N–H and O–H groups in total. The van der Waals surface area contributed by atoms with Gasteiger partial charge in [0.05, 0.1) is 26.3 Å². The number of halogens is 2. The number of carbonyl (C=O) groups excluding carboxylic acids is 3. The SMILES string of the molecule is COC(=O)[C@]1(c2ccc(Br)cc2)[C@H]2[C@H]3[C@@H](N(C(=O)OC(C)(C)C)[C@H]21)[C@@]3(C(=O)OC)c1ccc(Br)cc1. The normalized spacial score (nSPS) is 31.7. The van der Waals surface area contributed by atoms with Crippen molar-refractivity contribution < 1.29 is 28.6 Å². The highest BCUT2D eigenvalue weighted by atomic mass is 79.9. The van der Waals surface area contributed by atoms with Crippen LogP contribution in [0.3, 0.4) is 0 Å². The van der Waals surface area contributed by atoms with Gasteiger partial charge in [-0.3, -0.25) is 14.5 Å². The average Bonchev–Trinajstić information content (AvgIpc) is 3.66. The molecule has 7 nitrogen and oxygen atoms in total. The fourth-order valence-electron chi connectivity index (χ4n) is 6.52. The first kappa shape index (κ1) is 25.3. The summed E-state index contributed by atoms with van der Waals surface area (Å²) in [6.45, 7) is 5.38. The molecule has 2 aromatic rings. The fraction of sp³-hybridized carbons (Fsp3) is 0.444. The van der Waals surface area contributed by atoms with Gasteiger partial charge >= 0.3 is 18.0 Å². The van der Waals surface area contributed by atoms with Crippen molar-refractivity contribution >= 4 is 49.9 Å². The molecule has 0 aromatic heterocycles. The van der Waals surface area contributed by atoms with Gasteiger partial charge in [-0.15, -0.1) is 0 Å². The number of esters is 2. The number of likely N-dealkylation sites (tertiary alicyclic amines) is 1. The van der Waals surface area contributed by atoms with Crippen molar-refractivity contribution in [3.8, 4) is 0 Å². The Labute approximate surface area is 226 Å². The number of hydrogen-bond donors (Lipinski definition) is 0. The Morgan fingerprint density at radius 3 is 1.42 bits per heavy atom. The molecular weight excluding hydrogens is 594 g/mol. The maximum Gasteiger partial charge on any atom is 0.410 e. The lowest BCUT2D eigenvalue weighted by Crippen LogP contribution is -2.47. The number of rotatable bonds is 4. The molecule has 36 heavy (non-hydrogen) atoms. The molecule has 6 atom stereocenters. The van der Waals surface area contributed by atoms with Crippen LogP contribution in [0.5, 0.6) is 0 Å². The number of fused-ring (bicyclic) bond motifs is 3. The summed E-state index contributed by atoms with van der Waals surface area (Å²) >= 11 is 6.91. The van der Waals surface area contributed by atoms with Crippen molar-refractivity contribution in [3.63, 3.8) is 0 Å². The molecule has 0 bridgehead atoms. The standard InChI is InChI=1S/C27H27Br2NO6/c1-25(2,3)36-24(33)30-20-18(26(20,22(31)34-4)14-6-10-16(28)11-7-14)19-21(30)27(19,23(32)35-5)15-8-12-17(29)13-9-15/h6-13,18-21H,1-5H3/t18-,19-,20+,21+,26+,27+/m0/s1. The van der Waals surface area contributed by atoms with Crippen molar-refractivity contribution in [2.24, 2.45) is 11.8 Å². The molecule has 190 valence electrons. The Bertz CT molecular complexity index is 1160. The van der Waals surface area contributed by atoms with E-state index in [1.807, 2.05) is 48.5 Å². The first-order valence-electron chi connectivity index (χ1n) is 11.7. The molecule has 1 heterocycles. The summed E-state index contributed by atoms with van der Waals surface area (Å²) in [5.74, 6) is -1.56. The Morgan fingerprint density at radius 2 is 1.11 bits per heavy atom. The zero-order valence-corrected chi connectivity index (χ0v) is 23.8. The minimum Gasteiger partial charge on any atom is -0.468 e. The van der Waals surface area contributed by atoms with E-state index in [9.17, 15) is 14.4 Å². The van der Waals surface area contributed by atoms with Gasteiger partial charge in [0, 0.05) is 20.8 Å². The highest BCUT2D eigenvalue weighted by Crippen LogP contribution is 2.80. The lowest BCUT2D eigenvalue weighted by atomic mass is 9.87. The van der Waals surface area contributed by atoms with E-state index in [1.54, 1.807) is 25.7 Å². The third-order valence-electron chi connectivity index (χ3n) is 7.73. The molecule has 1 saturated heterocycles. The Kier molecular flexibility index (Phi) is 5.83. The van der Waals surface area contributed by atoms with Crippen molar-refractivity contribution in [2.45, 2.75) is 49.3 Å². The van der Waals surface area contributed by atoms with Crippen molar-refractivity contribution in [1.29, 1.82) is 0 Å². The quantitative estimate of drug-likeness (QED) is 0.354. The number of nitrogens with zero attached hydrogens (tertiary/aromatic N) is 1. The third-order valence-corrected chi connectivity index (χ3v) is 8.78. The highest BCUT2D eigenvalue weighted by molar-refractivity contribution is 9.10. The van der Waals surface area contributed by atoms with E-state index >= 15 is 0 Å². The second-order valence-electron chi connectivity index (χ2n) is 10.6. The van der Waals surface area contributed by atoms with Crippen LogP contribution in [0.25, 0.3) is 0 Å². The van der Waals surface area contributed by atoms with Crippen molar-refractivity contribution in [1.82, 2.24) is 4.90 Å². The fourth-order valence-corrected chi connectivity index (χ4v) is 7.04. The van der Waals surface area contributed by atoms with Crippen LogP contribution >= 0.6 is 31.9 Å². The van der Waals surface area contributed by atoms with E-state index in [0.29, 0.717) is 0 Å². The second kappa shape index (κ2) is 8.31. The van der Waals surface area contributed by atoms with Crippen LogP contribution in [0.4, 0.5) is 4.79 Å². The van der Waals surface area contributed by atoms with Gasteiger partial charge in [-0.2, -0.15) is 0 Å². The van der Waals surface area contributed by atoms with Gasteiger partial charge in [-0.05, 0) is 56.2 Å². The Morgan fingerprint density at radius 1 is 0.750 bits per heavy atom. The molecule has 2 aliphatic carbocycles. The monoisotopic (exact) mass is 619 g/mol. The van der Waals surface area contributed by atoms with Crippen LogP contribution in [-0.2, 0) is 34.6 Å². The number of carbonyl (C=O) groups is 3. The average molecular weight is 621 g/mol. The second-order valence-corrected chi connectivity index (χ2v) is 12.4. The van der Waals surface area contributed by atoms with E-state index in [4.69, 9.17) is 14.2 Å². The first-order valence-corrected chi connectivity index (χ1v) is 13.2. The summed E-state index contributed by atoms with van der Waals surface area (Å²) < 4.78 is 18.2. The Balaban J connectivity index is 1.69. The summed E-state index contributed by atoms with van der Waals surface area (Å²) in [5.41, 5.74) is -1.51. The first-order chi connectivity index (χ1) is 17.0. The highest BCUT2D eigenvalue weighted by Gasteiger charge is 2.95. The largest absolute Gasteiger partial charge is 0.468 e. The number of hydrogen-bond acceptors (Lipinski definition) is 6. The van der Waals surface area contributed by atoms with E-state index in [-0.39, 0.29) is 11.8 Å². The van der Waals surface area contributed by atoms with Crippen molar-refractivity contribution in [2.75, 3.05) is 14.2 Å². The smallest absolute Gasteiger partial charge is 0.410 e. The molecule has 3 aliphatic rings. The lowest BCUT2D eigenvalue weighted by molar-refractivity contribution is -0.146. The maximum atomic E-state index is 13.7. The van der Waals surface area contributed by atoms with Gasteiger partial charge in [0.15, 0.2) is 0 Å². The van der Waals surface area contributed by atoms with Crippen LogP contribution in [0.1, 0.15) is 31.9 Å². The minimum absolute atomic E-state index is 0.341. The number of benzene rings is 2. The predicted octanol–water partition coefficient (Wildman–Crippen LogP) is 4.98. The molecule has 3 fully saturated rings. The summed E-state index contributed by atoms with van der Waals surface area (Å²) in [4.78, 5) is 42.3. The number of amides is 1. The molecule has 5 rings (SSSR count). The van der Waals surface area contributed by atoms with Gasteiger partial charge in [0.1, 0.15) is 16.4 Å². The predicted molar refractivity (Wildman–Crippen MR) is 138 cm³/mol. The molecule has 2 aromatic carbocycles. The van der Waals surface area contributed by atoms with Crippen molar-refractivity contribution in [3.05, 3.63) is 68.6 Å². The van der Waals surface area contributed by atoms with Crippen LogP contribution < -0.4 is 0 Å². The van der Waals surface area contributed by atoms with E-state index in [1.165, 1.54) is 14.2 Å². The summed E-state index contributed by atoms with van der Waals surface area (Å²) in [6.07, 6.45) is -0.559. The van der Waals surface area contributed by atoms with E-state index in [2.05, 4.69) is 31.9 Å². The summed E-state index contributed by atoms with van der Waals surface area (Å²) in [6, 6.07) is 13.9. The van der Waals surface area contributed by atoms with Gasteiger partial charge in [0.2, 0.25) is 0 Å². The van der Waals surface area contributed by atoms with Gasteiger partial charge in [-0.25, -0.2) is 4.79 Å².